The summed E-state index contributed by atoms with van der Waals surface area (Å²) in [6.07, 6.45) is 4.99. The van der Waals surface area contributed by atoms with Gasteiger partial charge in [-0.3, -0.25) is 9.69 Å². The van der Waals surface area contributed by atoms with Gasteiger partial charge < -0.3 is 15.0 Å². The fourth-order valence-corrected chi connectivity index (χ4v) is 6.56. The lowest BCUT2D eigenvalue weighted by Crippen LogP contribution is -2.55. The van der Waals surface area contributed by atoms with E-state index in [9.17, 15) is 13.2 Å². The van der Waals surface area contributed by atoms with Crippen LogP contribution in [0.2, 0.25) is 0 Å². The summed E-state index contributed by atoms with van der Waals surface area (Å²) in [6, 6.07) is 5.09. The summed E-state index contributed by atoms with van der Waals surface area (Å²) in [4.78, 5) is 18.2. The Balaban J connectivity index is 1.57. The van der Waals surface area contributed by atoms with Crippen LogP contribution < -0.4 is 10.2 Å². The molecular formula is C24H38N4O4S. The van der Waals surface area contributed by atoms with Gasteiger partial charge in [0.25, 0.3) is 5.91 Å². The van der Waals surface area contributed by atoms with Crippen molar-refractivity contribution in [1.82, 2.24) is 14.5 Å². The van der Waals surface area contributed by atoms with Gasteiger partial charge in [0.15, 0.2) is 0 Å². The van der Waals surface area contributed by atoms with Crippen LogP contribution in [0.15, 0.2) is 23.1 Å². The van der Waals surface area contributed by atoms with Crippen LogP contribution >= 0.6 is 0 Å². The number of carbonyl (C=O) groups excluding carboxylic acids is 1. The number of carbonyl (C=O) groups is 1. The molecule has 8 nitrogen and oxygen atoms in total. The lowest BCUT2D eigenvalue weighted by molar-refractivity contribution is -0.00923. The lowest BCUT2D eigenvalue weighted by atomic mass is 10.0. The summed E-state index contributed by atoms with van der Waals surface area (Å²) in [5.41, 5.74) is 1.06. The van der Waals surface area contributed by atoms with E-state index in [2.05, 4.69) is 29.0 Å². The average molecular weight is 479 g/mol. The van der Waals surface area contributed by atoms with Gasteiger partial charge in [0.1, 0.15) is 0 Å². The van der Waals surface area contributed by atoms with Gasteiger partial charge in [-0.25, -0.2) is 8.42 Å². The van der Waals surface area contributed by atoms with Crippen molar-refractivity contribution >= 4 is 21.6 Å². The maximum atomic E-state index is 13.4. The zero-order chi connectivity index (χ0) is 23.5. The number of amides is 1. The Morgan fingerprint density at radius 1 is 0.970 bits per heavy atom. The highest BCUT2D eigenvalue weighted by molar-refractivity contribution is 7.89. The van der Waals surface area contributed by atoms with E-state index in [-0.39, 0.29) is 16.3 Å². The lowest BCUT2D eigenvalue weighted by Gasteiger charge is -2.40. The van der Waals surface area contributed by atoms with Gasteiger partial charge in [-0.2, -0.15) is 4.31 Å². The van der Waals surface area contributed by atoms with Gasteiger partial charge in [-0.05, 0) is 57.7 Å². The molecule has 0 aromatic heterocycles. The summed E-state index contributed by atoms with van der Waals surface area (Å²) in [6.45, 7) is 10.7. The molecule has 0 saturated carbocycles. The molecule has 3 fully saturated rings. The predicted molar refractivity (Wildman–Crippen MR) is 129 cm³/mol. The fraction of sp³-hybridized carbons (Fsp3) is 0.708. The Morgan fingerprint density at radius 3 is 2.27 bits per heavy atom. The second-order valence-electron chi connectivity index (χ2n) is 9.93. The first kappa shape index (κ1) is 24.4. The molecule has 184 valence electrons. The number of piperidine rings is 1. The maximum Gasteiger partial charge on any atom is 0.253 e. The number of hydrogen-bond acceptors (Lipinski definition) is 6. The van der Waals surface area contributed by atoms with Crippen molar-refractivity contribution in [3.8, 4) is 0 Å². The van der Waals surface area contributed by atoms with Gasteiger partial charge in [-0.15, -0.1) is 0 Å². The largest absolute Gasteiger partial charge is 0.379 e. The molecule has 9 heteroatoms. The molecule has 3 heterocycles. The van der Waals surface area contributed by atoms with Crippen LogP contribution in [-0.2, 0) is 14.8 Å². The van der Waals surface area contributed by atoms with Gasteiger partial charge in [0, 0.05) is 57.0 Å². The van der Waals surface area contributed by atoms with Gasteiger partial charge in [0.2, 0.25) is 10.0 Å². The van der Waals surface area contributed by atoms with Crippen LogP contribution in [0.25, 0.3) is 0 Å². The highest BCUT2D eigenvalue weighted by Crippen LogP contribution is 2.29. The number of nitrogens with one attached hydrogen (secondary N) is 1. The second kappa shape index (κ2) is 10.3. The van der Waals surface area contributed by atoms with Crippen molar-refractivity contribution in [2.24, 2.45) is 0 Å². The monoisotopic (exact) mass is 478 g/mol. The van der Waals surface area contributed by atoms with Crippen LogP contribution in [-0.4, -0.2) is 88.1 Å². The molecule has 0 bridgehead atoms. The molecule has 33 heavy (non-hydrogen) atoms. The third-order valence-electron chi connectivity index (χ3n) is 7.16. The Kier molecular flexibility index (Phi) is 7.63. The minimum Gasteiger partial charge on any atom is -0.379 e. The number of hydrogen-bond donors (Lipinski definition) is 1. The summed E-state index contributed by atoms with van der Waals surface area (Å²) in [5.74, 6) is -0.214. The number of nitrogens with zero attached hydrogens (tertiary/aromatic N) is 3. The normalized spacial score (nSPS) is 21.3. The summed E-state index contributed by atoms with van der Waals surface area (Å²) in [7, 11) is -3.61. The molecule has 0 unspecified atom stereocenters. The Morgan fingerprint density at radius 2 is 1.61 bits per heavy atom. The highest BCUT2D eigenvalue weighted by atomic mass is 32.2. The SMILES string of the molecule is CC(C)(CNC(=O)c1cc(S(=O)(=O)N2CCCCC2)ccc1N1CCCC1)N1CCOCC1. The molecule has 0 spiro atoms. The molecule has 1 aromatic carbocycles. The number of sulfonamides is 1. The van der Waals surface area contributed by atoms with Crippen molar-refractivity contribution in [2.45, 2.75) is 56.4 Å². The smallest absolute Gasteiger partial charge is 0.253 e. The molecule has 1 aromatic rings. The van der Waals surface area contributed by atoms with E-state index in [0.717, 1.165) is 64.0 Å². The summed E-state index contributed by atoms with van der Waals surface area (Å²) < 4.78 is 33.6. The zero-order valence-electron chi connectivity index (χ0n) is 20.0. The molecule has 0 aliphatic carbocycles. The number of anilines is 1. The number of benzene rings is 1. The van der Waals surface area contributed by atoms with E-state index in [1.54, 1.807) is 16.4 Å². The second-order valence-corrected chi connectivity index (χ2v) is 11.9. The number of ether oxygens (including phenoxy) is 1. The first-order valence-electron chi connectivity index (χ1n) is 12.3. The van der Waals surface area contributed by atoms with E-state index >= 15 is 0 Å². The standard InChI is InChI=1S/C24H38N4O4S/c1-24(2,27-14-16-32-17-15-27)19-25-23(29)21-18-20(8-9-22(21)26-10-6-7-11-26)33(30,31)28-12-4-3-5-13-28/h8-9,18H,3-7,10-17,19H2,1-2H3,(H,25,29). The minimum absolute atomic E-state index is 0.213. The van der Waals surface area contributed by atoms with E-state index in [1.165, 1.54) is 0 Å². The number of rotatable bonds is 7. The third-order valence-corrected chi connectivity index (χ3v) is 9.06. The molecular weight excluding hydrogens is 440 g/mol. The first-order chi connectivity index (χ1) is 15.8. The molecule has 0 atom stereocenters. The number of morpholine rings is 1. The van der Waals surface area contributed by atoms with Crippen LogP contribution in [0.3, 0.4) is 0 Å². The molecule has 3 aliphatic heterocycles. The summed E-state index contributed by atoms with van der Waals surface area (Å²) >= 11 is 0. The Bertz CT molecular complexity index is 932. The van der Waals surface area contributed by atoms with E-state index in [1.807, 2.05) is 6.07 Å². The van der Waals surface area contributed by atoms with E-state index < -0.39 is 10.0 Å². The summed E-state index contributed by atoms with van der Waals surface area (Å²) in [5, 5.41) is 3.10. The maximum absolute atomic E-state index is 13.4. The molecule has 3 saturated heterocycles. The van der Waals surface area contributed by atoms with E-state index in [0.29, 0.717) is 38.4 Å². The van der Waals surface area contributed by atoms with Crippen LogP contribution in [0.5, 0.6) is 0 Å². The topological polar surface area (TPSA) is 82.2 Å². The van der Waals surface area contributed by atoms with Crippen molar-refractivity contribution in [2.75, 3.05) is 63.9 Å². The van der Waals surface area contributed by atoms with E-state index in [4.69, 9.17) is 4.74 Å². The molecule has 0 radical (unpaired) electrons. The van der Waals surface area contributed by atoms with Crippen molar-refractivity contribution < 1.29 is 17.9 Å². The van der Waals surface area contributed by atoms with Crippen LogP contribution in [0, 0.1) is 0 Å². The molecule has 3 aliphatic rings. The van der Waals surface area contributed by atoms with Gasteiger partial charge >= 0.3 is 0 Å². The van der Waals surface area contributed by atoms with Crippen molar-refractivity contribution in [1.29, 1.82) is 0 Å². The van der Waals surface area contributed by atoms with Crippen LogP contribution in [0.1, 0.15) is 56.3 Å². The first-order valence-corrected chi connectivity index (χ1v) is 13.7. The van der Waals surface area contributed by atoms with Crippen molar-refractivity contribution in [3.63, 3.8) is 0 Å². The minimum atomic E-state index is -3.61. The predicted octanol–water partition coefficient (Wildman–Crippen LogP) is 2.30. The molecule has 1 N–H and O–H groups in total. The average Bonchev–Trinajstić information content (AvgIpc) is 3.38. The quantitative estimate of drug-likeness (QED) is 0.648. The van der Waals surface area contributed by atoms with Gasteiger partial charge in [0.05, 0.1) is 23.7 Å². The molecule has 1 amide bonds. The third kappa shape index (κ3) is 5.53. The Hall–Kier alpha value is -1.68. The van der Waals surface area contributed by atoms with Gasteiger partial charge in [-0.1, -0.05) is 6.42 Å². The Labute approximate surface area is 198 Å². The molecule has 4 rings (SSSR count). The zero-order valence-corrected chi connectivity index (χ0v) is 20.8. The van der Waals surface area contributed by atoms with Crippen LogP contribution in [0.4, 0.5) is 5.69 Å². The fourth-order valence-electron chi connectivity index (χ4n) is 5.02. The van der Waals surface area contributed by atoms with Crippen molar-refractivity contribution in [3.05, 3.63) is 23.8 Å². The highest BCUT2D eigenvalue weighted by Gasteiger charge is 2.31.